The summed E-state index contributed by atoms with van der Waals surface area (Å²) < 4.78 is 34.7. The lowest BCUT2D eigenvalue weighted by molar-refractivity contribution is -0.330. The van der Waals surface area contributed by atoms with E-state index in [2.05, 4.69) is 53.7 Å². The fourth-order valence-corrected chi connectivity index (χ4v) is 13.6. The lowest BCUT2D eigenvalue weighted by atomic mass is 9.38. The molecule has 6 fully saturated rings. The molecule has 0 aromatic carbocycles. The van der Waals surface area contributed by atoms with Gasteiger partial charge in [0.1, 0.15) is 79.0 Å². The van der Waals surface area contributed by atoms with Gasteiger partial charge in [0, 0.05) is 17.3 Å². The summed E-state index contributed by atoms with van der Waals surface area (Å²) in [5.41, 5.74) is 0.660. The van der Waals surface area contributed by atoms with Crippen molar-refractivity contribution in [3.8, 4) is 0 Å². The van der Waals surface area contributed by atoms with Crippen molar-refractivity contribution in [3.05, 3.63) is 23.3 Å². The van der Waals surface area contributed by atoms with Crippen molar-refractivity contribution < 1.29 is 89.4 Å². The minimum absolute atomic E-state index is 0.0192. The largest absolute Gasteiger partial charge is 0.394 e. The van der Waals surface area contributed by atoms with Crippen molar-refractivity contribution in [1.29, 1.82) is 0 Å². The highest BCUT2D eigenvalue weighted by atomic mass is 16.7. The van der Waals surface area contributed by atoms with Crippen molar-refractivity contribution in [2.45, 2.75) is 198 Å². The summed E-state index contributed by atoms with van der Waals surface area (Å²) in [5.74, 6) is 1.12. The van der Waals surface area contributed by atoms with Crippen LogP contribution in [0.3, 0.4) is 0 Å². The summed E-state index contributed by atoms with van der Waals surface area (Å²) in [4.78, 5) is 14.9. The Hall–Kier alpha value is -1.53. The molecular weight excluding hydrogens is 865 g/mol. The molecular formula is C48H78O18. The Morgan fingerprint density at radius 3 is 1.88 bits per heavy atom. The SMILES string of the molecule is C/C(=C\CC[C@H](C)[C@H]1CC[C@@]2(C)[C@H]3CC=C4[C@@H](CC[C@H](O[C@@H]5O[C@H](CO)[C@@H](O)[C@H](O)[C@H]5O)C4(C)C)[C@]3(C)C(=O)C[C@]12C)CO[C@@H]1O[C@H](CO[C@@H]2O[C@H](CO)[C@@H](O)[C@H](O)[C@H]2O)[C@@H](O)[C@H](O)[C@H]1O. The van der Waals surface area contributed by atoms with E-state index in [1.807, 2.05) is 6.92 Å². The molecule has 0 spiro atoms. The second kappa shape index (κ2) is 19.9. The van der Waals surface area contributed by atoms with Crippen LogP contribution in [-0.4, -0.2) is 187 Å². The molecule has 0 aromatic rings. The summed E-state index contributed by atoms with van der Waals surface area (Å²) in [6, 6.07) is 0. The average molecular weight is 943 g/mol. The van der Waals surface area contributed by atoms with E-state index in [1.165, 1.54) is 5.57 Å². The number of hydrogen-bond acceptors (Lipinski definition) is 18. The Morgan fingerprint density at radius 2 is 1.27 bits per heavy atom. The van der Waals surface area contributed by atoms with Gasteiger partial charge in [0.2, 0.25) is 0 Å². The smallest absolute Gasteiger partial charge is 0.187 e. The third-order valence-electron chi connectivity index (χ3n) is 18.0. The first-order valence-corrected chi connectivity index (χ1v) is 24.1. The molecule has 3 saturated carbocycles. The Balaban J connectivity index is 0.945. The van der Waals surface area contributed by atoms with E-state index in [0.29, 0.717) is 36.9 Å². The number of carbonyl (C=O) groups is 1. The maximum absolute atomic E-state index is 14.9. The Bertz CT molecular complexity index is 1760. The fraction of sp³-hybridized carbons (Fsp3) is 0.896. The molecule has 23 atom stereocenters. The first-order valence-electron chi connectivity index (χ1n) is 24.1. The van der Waals surface area contributed by atoms with Crippen LogP contribution in [0.5, 0.6) is 0 Å². The third kappa shape index (κ3) is 8.94. The highest BCUT2D eigenvalue weighted by Gasteiger charge is 2.70. The zero-order valence-corrected chi connectivity index (χ0v) is 39.5. The van der Waals surface area contributed by atoms with E-state index in [4.69, 9.17) is 28.4 Å². The fourth-order valence-electron chi connectivity index (χ4n) is 13.6. The molecule has 7 aliphatic rings. The number of hydrogen-bond donors (Lipinski definition) is 11. The second-order valence-corrected chi connectivity index (χ2v) is 21.9. The molecule has 0 bridgehead atoms. The minimum Gasteiger partial charge on any atom is -0.394 e. The highest BCUT2D eigenvalue weighted by molar-refractivity contribution is 5.88. The van der Waals surface area contributed by atoms with Gasteiger partial charge < -0.3 is 84.6 Å². The highest BCUT2D eigenvalue weighted by Crippen LogP contribution is 2.74. The molecule has 4 aliphatic carbocycles. The van der Waals surface area contributed by atoms with E-state index in [9.17, 15) is 61.0 Å². The quantitative estimate of drug-likeness (QED) is 0.102. The Kier molecular flexibility index (Phi) is 15.8. The van der Waals surface area contributed by atoms with Gasteiger partial charge in [-0.3, -0.25) is 4.79 Å². The van der Waals surface area contributed by atoms with Crippen molar-refractivity contribution in [3.63, 3.8) is 0 Å². The first-order chi connectivity index (χ1) is 31.0. The standard InChI is InChI=1S/C48H78O18/c1-22(20-61-42-40(59)38(57)35(54)29(65-42)21-62-43-39(58)36(55)33(52)27(18-49)63-43)9-8-10-23(2)24-15-16-46(5)30-13-11-25-26(48(30,7)31(51)17-47(24,46)6)12-14-32(45(25,3)4)66-44-41(60)37(56)34(53)28(19-50)64-44/h9,11,23-24,26-30,32-44,49-50,52-60H,8,10,12-21H2,1-7H3/b22-9+/t23-,24+,26+,27+,28+,29+,30+,32-,33+,34+,35+,36-,37-,38-,39+,40+,41+,42+,43+,44-,46-,47+,48-/m0/s1. The first kappa shape index (κ1) is 52.3. The molecule has 66 heavy (non-hydrogen) atoms. The van der Waals surface area contributed by atoms with Crippen LogP contribution in [0.15, 0.2) is 23.3 Å². The third-order valence-corrected chi connectivity index (χ3v) is 18.0. The lowest BCUT2D eigenvalue weighted by Gasteiger charge is -2.65. The monoisotopic (exact) mass is 943 g/mol. The van der Waals surface area contributed by atoms with Gasteiger partial charge >= 0.3 is 0 Å². The van der Waals surface area contributed by atoms with Gasteiger partial charge in [-0.15, -0.1) is 0 Å². The van der Waals surface area contributed by atoms with Crippen molar-refractivity contribution in [1.82, 2.24) is 0 Å². The molecule has 0 aromatic heterocycles. The van der Waals surface area contributed by atoms with Gasteiger partial charge in [0.05, 0.1) is 32.5 Å². The minimum atomic E-state index is -1.67. The van der Waals surface area contributed by atoms with E-state index in [1.54, 1.807) is 0 Å². The summed E-state index contributed by atoms with van der Waals surface area (Å²) >= 11 is 0. The summed E-state index contributed by atoms with van der Waals surface area (Å²) in [5, 5.41) is 113. The van der Waals surface area contributed by atoms with E-state index in [0.717, 1.165) is 37.7 Å². The number of ketones is 1. The molecule has 0 unspecified atom stereocenters. The number of Topliss-reactive ketones (excluding diaryl/α,β-unsaturated/α-hetero) is 1. The van der Waals surface area contributed by atoms with Crippen molar-refractivity contribution >= 4 is 5.78 Å². The van der Waals surface area contributed by atoms with E-state index in [-0.39, 0.29) is 29.3 Å². The van der Waals surface area contributed by atoms with Crippen molar-refractivity contribution in [2.75, 3.05) is 26.4 Å². The van der Waals surface area contributed by atoms with Crippen LogP contribution in [0, 0.1) is 45.3 Å². The topological polar surface area (TPSA) is 295 Å². The van der Waals surface area contributed by atoms with Gasteiger partial charge in [-0.25, -0.2) is 0 Å². The average Bonchev–Trinajstić information content (AvgIpc) is 3.55. The predicted molar refractivity (Wildman–Crippen MR) is 233 cm³/mol. The van der Waals surface area contributed by atoms with Gasteiger partial charge in [0.25, 0.3) is 0 Å². The lowest BCUT2D eigenvalue weighted by Crippen LogP contribution is -2.64. The maximum Gasteiger partial charge on any atom is 0.187 e. The maximum atomic E-state index is 14.9. The molecule has 0 radical (unpaired) electrons. The zero-order chi connectivity index (χ0) is 48.4. The van der Waals surface area contributed by atoms with Crippen LogP contribution in [0.25, 0.3) is 0 Å². The molecule has 3 heterocycles. The molecule has 7 rings (SSSR count). The summed E-state index contributed by atoms with van der Waals surface area (Å²) in [6.07, 6.45) is -11.5. The number of ether oxygens (including phenoxy) is 6. The normalized spacial score (nSPS) is 50.0. The van der Waals surface area contributed by atoms with Crippen molar-refractivity contribution in [2.24, 2.45) is 45.3 Å². The van der Waals surface area contributed by atoms with E-state index >= 15 is 0 Å². The number of aliphatic hydroxyl groups is 11. The van der Waals surface area contributed by atoms with E-state index < -0.39 is 129 Å². The Labute approximate surface area is 387 Å². The molecule has 3 aliphatic heterocycles. The number of rotatable bonds is 14. The number of aliphatic hydroxyl groups excluding tert-OH is 11. The van der Waals surface area contributed by atoms with Crippen LogP contribution < -0.4 is 0 Å². The molecule has 3 saturated heterocycles. The van der Waals surface area contributed by atoms with Gasteiger partial charge in [-0.05, 0) is 86.4 Å². The number of allylic oxidation sites excluding steroid dienone is 2. The summed E-state index contributed by atoms with van der Waals surface area (Å²) in [7, 11) is 0. The van der Waals surface area contributed by atoms with Crippen LogP contribution in [0.4, 0.5) is 0 Å². The predicted octanol–water partition coefficient (Wildman–Crippen LogP) is -0.0410. The molecule has 11 N–H and O–H groups in total. The Morgan fingerprint density at radius 1 is 0.727 bits per heavy atom. The van der Waals surface area contributed by atoms with Crippen LogP contribution in [0.2, 0.25) is 0 Å². The number of carbonyl (C=O) groups excluding carboxylic acids is 1. The molecule has 0 amide bonds. The van der Waals surface area contributed by atoms with Gasteiger partial charge in [-0.2, -0.15) is 0 Å². The summed E-state index contributed by atoms with van der Waals surface area (Å²) in [6.45, 7) is 13.7. The number of fused-ring (bicyclic) bond motifs is 5. The second-order valence-electron chi connectivity index (χ2n) is 21.9. The molecule has 18 nitrogen and oxygen atoms in total. The zero-order valence-electron chi connectivity index (χ0n) is 39.5. The molecule has 378 valence electrons. The van der Waals surface area contributed by atoms with Gasteiger partial charge in [-0.1, -0.05) is 64.8 Å². The van der Waals surface area contributed by atoms with Gasteiger partial charge in [0.15, 0.2) is 18.9 Å². The van der Waals surface area contributed by atoms with Crippen LogP contribution in [0.1, 0.15) is 99.8 Å². The van der Waals surface area contributed by atoms with Crippen LogP contribution in [-0.2, 0) is 33.2 Å². The molecule has 18 heteroatoms. The van der Waals surface area contributed by atoms with Crippen LogP contribution >= 0.6 is 0 Å².